The molecular formula is C14H20N4S. The van der Waals surface area contributed by atoms with E-state index in [-0.39, 0.29) is 0 Å². The van der Waals surface area contributed by atoms with Crippen molar-refractivity contribution in [3.63, 3.8) is 0 Å². The standard InChI is InChI=1S/C14H20N4S/c1-2-15-14(19)17-16-11-12-5-7-13(8-6-12)18-9-3-4-10-18/h5-8,11H,2-4,9-10H2,1H3,(H2,15,17,19)/b16-11-. The zero-order valence-electron chi connectivity index (χ0n) is 11.2. The predicted molar refractivity (Wildman–Crippen MR) is 84.9 cm³/mol. The molecule has 102 valence electrons. The van der Waals surface area contributed by atoms with Gasteiger partial charge in [0.2, 0.25) is 0 Å². The summed E-state index contributed by atoms with van der Waals surface area (Å²) in [6.45, 7) is 5.14. The topological polar surface area (TPSA) is 39.7 Å². The number of nitrogens with one attached hydrogen (secondary N) is 2. The van der Waals surface area contributed by atoms with Gasteiger partial charge in [-0.05, 0) is 49.7 Å². The van der Waals surface area contributed by atoms with Crippen LogP contribution in [0.1, 0.15) is 25.3 Å². The maximum atomic E-state index is 5.02. The molecule has 0 aromatic heterocycles. The van der Waals surface area contributed by atoms with Crippen molar-refractivity contribution >= 4 is 29.2 Å². The fourth-order valence-corrected chi connectivity index (χ4v) is 2.31. The van der Waals surface area contributed by atoms with Crippen molar-refractivity contribution in [1.29, 1.82) is 0 Å². The molecule has 1 aliphatic heterocycles. The van der Waals surface area contributed by atoms with Gasteiger partial charge in [0.1, 0.15) is 0 Å². The van der Waals surface area contributed by atoms with Crippen LogP contribution in [0.5, 0.6) is 0 Å². The van der Waals surface area contributed by atoms with Crippen molar-refractivity contribution in [2.45, 2.75) is 19.8 Å². The predicted octanol–water partition coefficient (Wildman–Crippen LogP) is 2.10. The van der Waals surface area contributed by atoms with Gasteiger partial charge in [-0.25, -0.2) is 0 Å². The van der Waals surface area contributed by atoms with Gasteiger partial charge in [0, 0.05) is 25.3 Å². The van der Waals surface area contributed by atoms with Gasteiger partial charge in [0.15, 0.2) is 5.11 Å². The Labute approximate surface area is 119 Å². The highest BCUT2D eigenvalue weighted by atomic mass is 32.1. The summed E-state index contributed by atoms with van der Waals surface area (Å²) in [5.74, 6) is 0. The van der Waals surface area contributed by atoms with E-state index in [2.05, 4.69) is 45.0 Å². The van der Waals surface area contributed by atoms with E-state index in [1.807, 2.05) is 6.92 Å². The smallest absolute Gasteiger partial charge is 0.186 e. The quantitative estimate of drug-likeness (QED) is 0.502. The van der Waals surface area contributed by atoms with E-state index in [0.717, 1.165) is 12.1 Å². The fraction of sp³-hybridized carbons (Fsp3) is 0.429. The lowest BCUT2D eigenvalue weighted by Crippen LogP contribution is -2.31. The normalized spacial score (nSPS) is 14.9. The third-order valence-corrected chi connectivity index (χ3v) is 3.32. The van der Waals surface area contributed by atoms with E-state index < -0.39 is 0 Å². The second-order valence-corrected chi connectivity index (χ2v) is 4.92. The first-order valence-electron chi connectivity index (χ1n) is 6.71. The Kier molecular flexibility index (Phi) is 5.15. The zero-order chi connectivity index (χ0) is 13.5. The molecule has 0 aliphatic carbocycles. The summed E-state index contributed by atoms with van der Waals surface area (Å²) < 4.78 is 0. The van der Waals surface area contributed by atoms with Crippen LogP contribution in [-0.4, -0.2) is 31.0 Å². The van der Waals surface area contributed by atoms with Crippen molar-refractivity contribution in [2.75, 3.05) is 24.5 Å². The van der Waals surface area contributed by atoms with Crippen molar-refractivity contribution in [3.8, 4) is 0 Å². The van der Waals surface area contributed by atoms with Gasteiger partial charge in [-0.1, -0.05) is 12.1 Å². The first-order valence-corrected chi connectivity index (χ1v) is 7.12. The van der Waals surface area contributed by atoms with Crippen LogP contribution < -0.4 is 15.6 Å². The van der Waals surface area contributed by atoms with Crippen molar-refractivity contribution in [1.82, 2.24) is 10.7 Å². The number of hydrogen-bond donors (Lipinski definition) is 2. The molecule has 0 saturated carbocycles. The fourth-order valence-electron chi connectivity index (χ4n) is 2.11. The molecule has 0 amide bonds. The third kappa shape index (κ3) is 4.21. The summed E-state index contributed by atoms with van der Waals surface area (Å²) in [7, 11) is 0. The molecule has 1 fully saturated rings. The summed E-state index contributed by atoms with van der Waals surface area (Å²) in [5.41, 5.74) is 5.14. The molecule has 1 aromatic rings. The summed E-state index contributed by atoms with van der Waals surface area (Å²) in [6, 6.07) is 8.45. The second kappa shape index (κ2) is 7.09. The summed E-state index contributed by atoms with van der Waals surface area (Å²) in [6.07, 6.45) is 4.38. The van der Waals surface area contributed by atoms with Crippen LogP contribution in [0, 0.1) is 0 Å². The highest BCUT2D eigenvalue weighted by Gasteiger charge is 2.11. The minimum Gasteiger partial charge on any atom is -0.372 e. The Morgan fingerprint density at radius 1 is 1.32 bits per heavy atom. The Morgan fingerprint density at radius 2 is 2.00 bits per heavy atom. The van der Waals surface area contributed by atoms with Crippen LogP contribution >= 0.6 is 12.2 Å². The molecule has 1 aliphatic rings. The molecule has 1 aromatic carbocycles. The molecule has 1 saturated heterocycles. The maximum Gasteiger partial charge on any atom is 0.186 e. The molecule has 1 heterocycles. The average molecular weight is 276 g/mol. The van der Waals surface area contributed by atoms with Crippen LogP contribution in [0.3, 0.4) is 0 Å². The molecule has 0 radical (unpaired) electrons. The Hall–Kier alpha value is -1.62. The average Bonchev–Trinajstić information content (AvgIpc) is 2.94. The highest BCUT2D eigenvalue weighted by molar-refractivity contribution is 7.80. The second-order valence-electron chi connectivity index (χ2n) is 4.52. The van der Waals surface area contributed by atoms with E-state index in [0.29, 0.717) is 5.11 Å². The number of nitrogens with zero attached hydrogens (tertiary/aromatic N) is 2. The lowest BCUT2D eigenvalue weighted by molar-refractivity contribution is 0.904. The Bertz CT molecular complexity index is 435. The first-order chi connectivity index (χ1) is 9.29. The minimum absolute atomic E-state index is 0.549. The number of benzene rings is 1. The lowest BCUT2D eigenvalue weighted by atomic mass is 10.2. The van der Waals surface area contributed by atoms with E-state index in [9.17, 15) is 0 Å². The van der Waals surface area contributed by atoms with Crippen molar-refractivity contribution in [3.05, 3.63) is 29.8 Å². The maximum absolute atomic E-state index is 5.02. The largest absolute Gasteiger partial charge is 0.372 e. The van der Waals surface area contributed by atoms with Crippen molar-refractivity contribution in [2.24, 2.45) is 5.10 Å². The van der Waals surface area contributed by atoms with E-state index in [1.165, 1.54) is 31.6 Å². The summed E-state index contributed by atoms with van der Waals surface area (Å²) >= 11 is 5.02. The molecule has 2 N–H and O–H groups in total. The Morgan fingerprint density at radius 3 is 2.63 bits per heavy atom. The van der Waals surface area contributed by atoms with E-state index in [1.54, 1.807) is 6.21 Å². The van der Waals surface area contributed by atoms with Gasteiger partial charge < -0.3 is 10.2 Å². The van der Waals surface area contributed by atoms with Gasteiger partial charge in [0.05, 0.1) is 6.21 Å². The third-order valence-electron chi connectivity index (χ3n) is 3.08. The van der Waals surface area contributed by atoms with Crippen LogP contribution in [-0.2, 0) is 0 Å². The molecule has 0 spiro atoms. The van der Waals surface area contributed by atoms with Crippen LogP contribution in [0.15, 0.2) is 29.4 Å². The van der Waals surface area contributed by atoms with E-state index >= 15 is 0 Å². The number of hydrogen-bond acceptors (Lipinski definition) is 3. The van der Waals surface area contributed by atoms with Gasteiger partial charge in [-0.2, -0.15) is 5.10 Å². The molecule has 4 nitrogen and oxygen atoms in total. The van der Waals surface area contributed by atoms with Gasteiger partial charge in [0.25, 0.3) is 0 Å². The monoisotopic (exact) mass is 276 g/mol. The molecule has 5 heteroatoms. The van der Waals surface area contributed by atoms with Crippen LogP contribution in [0.2, 0.25) is 0 Å². The summed E-state index contributed by atoms with van der Waals surface area (Å²) in [4.78, 5) is 2.42. The van der Waals surface area contributed by atoms with Gasteiger partial charge in [-0.15, -0.1) is 0 Å². The summed E-state index contributed by atoms with van der Waals surface area (Å²) in [5, 5.41) is 7.62. The van der Waals surface area contributed by atoms with Crippen molar-refractivity contribution < 1.29 is 0 Å². The van der Waals surface area contributed by atoms with Crippen LogP contribution in [0.25, 0.3) is 0 Å². The first kappa shape index (κ1) is 13.8. The molecule has 19 heavy (non-hydrogen) atoms. The van der Waals surface area contributed by atoms with Crippen LogP contribution in [0.4, 0.5) is 5.69 Å². The molecule has 0 unspecified atom stereocenters. The highest BCUT2D eigenvalue weighted by Crippen LogP contribution is 2.19. The van der Waals surface area contributed by atoms with E-state index in [4.69, 9.17) is 12.2 Å². The SMILES string of the molecule is CCNC(=S)N/N=C\c1ccc(N2CCCC2)cc1. The number of hydrazone groups is 1. The molecular weight excluding hydrogens is 256 g/mol. The van der Waals surface area contributed by atoms with Gasteiger partial charge >= 0.3 is 0 Å². The molecule has 0 bridgehead atoms. The Balaban J connectivity index is 1.87. The van der Waals surface area contributed by atoms with Gasteiger partial charge in [-0.3, -0.25) is 5.43 Å². The number of anilines is 1. The lowest BCUT2D eigenvalue weighted by Gasteiger charge is -2.17. The molecule has 2 rings (SSSR count). The number of rotatable bonds is 4. The molecule has 0 atom stereocenters. The number of thiocarbonyl (C=S) groups is 1. The zero-order valence-corrected chi connectivity index (χ0v) is 12.0. The minimum atomic E-state index is 0.549.